The molecule has 2 nitrogen and oxygen atoms in total. The molecule has 1 fully saturated rings. The Morgan fingerprint density at radius 2 is 1.95 bits per heavy atom. The summed E-state index contributed by atoms with van der Waals surface area (Å²) in [5.74, 6) is 2.60. The maximum atomic E-state index is 5.46. The number of ether oxygens (including phenoxy) is 1. The molecule has 1 aromatic rings. The van der Waals surface area contributed by atoms with Gasteiger partial charge in [-0.2, -0.15) is 0 Å². The van der Waals surface area contributed by atoms with Gasteiger partial charge in [-0.05, 0) is 37.7 Å². The van der Waals surface area contributed by atoms with E-state index in [1.165, 1.54) is 24.8 Å². The number of methoxy groups -OCH3 is 1. The summed E-state index contributed by atoms with van der Waals surface area (Å²) in [7, 11) is 1.75. The summed E-state index contributed by atoms with van der Waals surface area (Å²) in [6, 6.07) is 9.29. The van der Waals surface area contributed by atoms with Crippen molar-refractivity contribution in [1.82, 2.24) is 5.32 Å². The first-order chi connectivity index (χ1) is 9.11. The molecular weight excluding hydrogens is 234 g/mol. The third kappa shape index (κ3) is 3.50. The Balaban J connectivity index is 2.05. The second kappa shape index (κ2) is 6.42. The predicted molar refractivity (Wildman–Crippen MR) is 80.5 cm³/mol. The first kappa shape index (κ1) is 14.4. The monoisotopic (exact) mass is 261 g/mol. The van der Waals surface area contributed by atoms with Crippen LogP contribution in [0.25, 0.3) is 0 Å². The van der Waals surface area contributed by atoms with Crippen LogP contribution < -0.4 is 10.1 Å². The lowest BCUT2D eigenvalue weighted by molar-refractivity contribution is 0.215. The average Bonchev–Trinajstić information content (AvgIpc) is 2.42. The summed E-state index contributed by atoms with van der Waals surface area (Å²) < 4.78 is 5.46. The van der Waals surface area contributed by atoms with Crippen LogP contribution in [0.2, 0.25) is 0 Å². The zero-order valence-corrected chi connectivity index (χ0v) is 12.6. The van der Waals surface area contributed by atoms with Gasteiger partial charge in [-0.25, -0.2) is 0 Å². The first-order valence-corrected chi connectivity index (χ1v) is 7.50. The Kier molecular flexibility index (Phi) is 4.87. The van der Waals surface area contributed by atoms with E-state index in [0.717, 1.165) is 17.6 Å². The Hall–Kier alpha value is -1.02. The maximum Gasteiger partial charge on any atom is 0.123 e. The highest BCUT2D eigenvalue weighted by atomic mass is 16.5. The molecule has 1 aromatic carbocycles. The Morgan fingerprint density at radius 3 is 2.68 bits per heavy atom. The molecule has 4 unspecified atom stereocenters. The van der Waals surface area contributed by atoms with E-state index >= 15 is 0 Å². The van der Waals surface area contributed by atoms with E-state index < -0.39 is 0 Å². The van der Waals surface area contributed by atoms with Gasteiger partial charge in [-0.1, -0.05) is 38.5 Å². The van der Waals surface area contributed by atoms with Gasteiger partial charge >= 0.3 is 0 Å². The van der Waals surface area contributed by atoms with Crippen molar-refractivity contribution < 1.29 is 4.74 Å². The molecule has 1 saturated carbocycles. The molecule has 106 valence electrons. The van der Waals surface area contributed by atoms with Crippen molar-refractivity contribution >= 4 is 0 Å². The molecule has 0 spiro atoms. The number of benzene rings is 1. The third-order valence-corrected chi connectivity index (χ3v) is 4.53. The summed E-state index contributed by atoms with van der Waals surface area (Å²) >= 11 is 0. The molecule has 0 heterocycles. The van der Waals surface area contributed by atoms with Crippen molar-refractivity contribution in [3.8, 4) is 5.75 Å². The minimum Gasteiger partial charge on any atom is -0.496 e. The average molecular weight is 261 g/mol. The van der Waals surface area contributed by atoms with Crippen molar-refractivity contribution in [2.45, 2.75) is 52.1 Å². The van der Waals surface area contributed by atoms with Crippen LogP contribution in [0.3, 0.4) is 0 Å². The molecule has 0 aromatic heterocycles. The standard InChI is InChI=1S/C17H27NO/c1-12-9-10-13(2)16(11-12)18-14(3)15-7-5-6-8-17(15)19-4/h5-8,12-14,16,18H,9-11H2,1-4H3. The van der Waals surface area contributed by atoms with Gasteiger partial charge in [-0.3, -0.25) is 0 Å². The Bertz CT molecular complexity index is 404. The summed E-state index contributed by atoms with van der Waals surface area (Å²) in [5.41, 5.74) is 1.26. The van der Waals surface area contributed by atoms with Crippen LogP contribution in [-0.4, -0.2) is 13.2 Å². The lowest BCUT2D eigenvalue weighted by atomic mass is 9.79. The number of hydrogen-bond acceptors (Lipinski definition) is 2. The molecule has 0 aliphatic heterocycles. The quantitative estimate of drug-likeness (QED) is 0.878. The minimum atomic E-state index is 0.342. The first-order valence-electron chi connectivity index (χ1n) is 7.50. The summed E-state index contributed by atoms with van der Waals surface area (Å²) in [6.07, 6.45) is 4.01. The number of rotatable bonds is 4. The Morgan fingerprint density at radius 1 is 1.21 bits per heavy atom. The molecule has 19 heavy (non-hydrogen) atoms. The van der Waals surface area contributed by atoms with Gasteiger partial charge in [0, 0.05) is 17.6 Å². The van der Waals surface area contributed by atoms with E-state index in [-0.39, 0.29) is 0 Å². The highest BCUT2D eigenvalue weighted by Gasteiger charge is 2.27. The SMILES string of the molecule is COc1ccccc1C(C)NC1CC(C)CCC1C. The predicted octanol–water partition coefficient (Wildman–Crippen LogP) is 4.17. The number of nitrogens with one attached hydrogen (secondary N) is 1. The summed E-state index contributed by atoms with van der Waals surface area (Å²) in [4.78, 5) is 0. The topological polar surface area (TPSA) is 21.3 Å². The molecule has 1 aliphatic rings. The maximum absolute atomic E-state index is 5.46. The van der Waals surface area contributed by atoms with Gasteiger partial charge in [0.25, 0.3) is 0 Å². The molecule has 4 atom stereocenters. The fraction of sp³-hybridized carbons (Fsp3) is 0.647. The van der Waals surface area contributed by atoms with Gasteiger partial charge in [0.2, 0.25) is 0 Å². The smallest absolute Gasteiger partial charge is 0.123 e. The van der Waals surface area contributed by atoms with Crippen LogP contribution in [0.4, 0.5) is 0 Å². The largest absolute Gasteiger partial charge is 0.496 e. The highest BCUT2D eigenvalue weighted by Crippen LogP contribution is 2.31. The van der Waals surface area contributed by atoms with Crippen molar-refractivity contribution in [2.75, 3.05) is 7.11 Å². The molecule has 0 saturated heterocycles. The van der Waals surface area contributed by atoms with E-state index in [1.807, 2.05) is 12.1 Å². The molecule has 1 N–H and O–H groups in total. The summed E-state index contributed by atoms with van der Waals surface area (Å²) in [5, 5.41) is 3.81. The molecule has 0 bridgehead atoms. The van der Waals surface area contributed by atoms with Gasteiger partial charge in [0.05, 0.1) is 7.11 Å². The van der Waals surface area contributed by atoms with Crippen LogP contribution in [0.15, 0.2) is 24.3 Å². The van der Waals surface area contributed by atoms with Crippen LogP contribution in [-0.2, 0) is 0 Å². The highest BCUT2D eigenvalue weighted by molar-refractivity contribution is 5.35. The molecule has 2 rings (SSSR count). The normalized spacial score (nSPS) is 28.9. The molecule has 2 heteroatoms. The number of hydrogen-bond donors (Lipinski definition) is 1. The van der Waals surface area contributed by atoms with Crippen molar-refractivity contribution in [1.29, 1.82) is 0 Å². The van der Waals surface area contributed by atoms with Crippen molar-refractivity contribution in [3.05, 3.63) is 29.8 Å². The van der Waals surface area contributed by atoms with E-state index in [9.17, 15) is 0 Å². The van der Waals surface area contributed by atoms with Gasteiger partial charge in [0.15, 0.2) is 0 Å². The molecule has 0 radical (unpaired) electrons. The van der Waals surface area contributed by atoms with E-state index in [4.69, 9.17) is 4.74 Å². The fourth-order valence-corrected chi connectivity index (χ4v) is 3.20. The van der Waals surface area contributed by atoms with E-state index in [2.05, 4.69) is 38.2 Å². The Labute approximate surface area is 117 Å². The zero-order chi connectivity index (χ0) is 13.8. The van der Waals surface area contributed by atoms with Crippen LogP contribution in [0.1, 0.15) is 51.6 Å². The molecular formula is C17H27NO. The lowest BCUT2D eigenvalue weighted by Crippen LogP contribution is -2.40. The molecule has 0 amide bonds. The van der Waals surface area contributed by atoms with Crippen molar-refractivity contribution in [2.24, 2.45) is 11.8 Å². The van der Waals surface area contributed by atoms with Crippen LogP contribution in [0.5, 0.6) is 5.75 Å². The zero-order valence-electron chi connectivity index (χ0n) is 12.6. The van der Waals surface area contributed by atoms with Crippen LogP contribution >= 0.6 is 0 Å². The van der Waals surface area contributed by atoms with Gasteiger partial charge in [0.1, 0.15) is 5.75 Å². The molecule has 1 aliphatic carbocycles. The second-order valence-electron chi connectivity index (χ2n) is 6.13. The van der Waals surface area contributed by atoms with Gasteiger partial charge < -0.3 is 10.1 Å². The third-order valence-electron chi connectivity index (χ3n) is 4.53. The van der Waals surface area contributed by atoms with E-state index in [0.29, 0.717) is 12.1 Å². The fourth-order valence-electron chi connectivity index (χ4n) is 3.20. The summed E-state index contributed by atoms with van der Waals surface area (Å²) in [6.45, 7) is 6.98. The van der Waals surface area contributed by atoms with Crippen molar-refractivity contribution in [3.63, 3.8) is 0 Å². The van der Waals surface area contributed by atoms with E-state index in [1.54, 1.807) is 7.11 Å². The van der Waals surface area contributed by atoms with Gasteiger partial charge in [-0.15, -0.1) is 0 Å². The number of para-hydroxylation sites is 1. The second-order valence-corrected chi connectivity index (χ2v) is 6.13. The minimum absolute atomic E-state index is 0.342. The lowest BCUT2D eigenvalue weighted by Gasteiger charge is -2.35. The van der Waals surface area contributed by atoms with Crippen LogP contribution in [0, 0.1) is 11.8 Å².